The fraction of sp³-hybridized carbons (Fsp3) is 0.0345. The number of thiocarbonyl (C=S) groups is 2. The van der Waals surface area contributed by atoms with Gasteiger partial charge in [0.1, 0.15) is 27.9 Å². The molecule has 0 saturated carbocycles. The molecule has 0 heterocycles. The number of hydrazine groups is 2. The molecule has 0 unspecified atom stereocenters. The number of benzene rings is 4. The Morgan fingerprint density at radius 1 is 0.564 bits per heavy atom. The largest absolute Gasteiger partial charge is 0.507 e. The van der Waals surface area contributed by atoms with E-state index in [2.05, 4.69) is 10.9 Å². The number of nitrogens with one attached hydrogen (secondary N) is 2. The molecule has 4 rings (SSSR count). The van der Waals surface area contributed by atoms with Gasteiger partial charge in [0.2, 0.25) is 11.8 Å². The van der Waals surface area contributed by atoms with Crippen LogP contribution in [0.25, 0.3) is 0 Å². The number of rotatable bonds is 6. The zero-order valence-corrected chi connectivity index (χ0v) is 22.2. The van der Waals surface area contributed by atoms with Crippen molar-refractivity contribution in [3.8, 4) is 11.5 Å². The molecule has 0 bridgehead atoms. The fourth-order valence-electron chi connectivity index (χ4n) is 3.64. The first-order valence-electron chi connectivity index (χ1n) is 11.8. The summed E-state index contributed by atoms with van der Waals surface area (Å²) in [5.41, 5.74) is 7.07. The van der Waals surface area contributed by atoms with E-state index in [1.165, 1.54) is 22.2 Å². The Kier molecular flexibility index (Phi) is 8.82. The molecule has 0 aromatic heterocycles. The number of phenols is 2. The molecule has 10 heteroatoms. The Balaban J connectivity index is 1.53. The summed E-state index contributed by atoms with van der Waals surface area (Å²) in [6.45, 7) is 0. The summed E-state index contributed by atoms with van der Waals surface area (Å²) in [7, 11) is 0. The third-order valence-electron chi connectivity index (χ3n) is 5.50. The number of carbonyl (C=O) groups excluding carboxylic acids is 2. The van der Waals surface area contributed by atoms with Crippen LogP contribution in [0.15, 0.2) is 109 Å². The van der Waals surface area contributed by atoms with Gasteiger partial charge in [0, 0.05) is 0 Å². The Labute approximate surface area is 236 Å². The molecule has 4 aromatic carbocycles. The van der Waals surface area contributed by atoms with Crippen molar-refractivity contribution in [2.45, 2.75) is 6.42 Å². The molecule has 4 aromatic rings. The van der Waals surface area contributed by atoms with Crippen LogP contribution in [0.4, 0.5) is 11.4 Å². The summed E-state index contributed by atoms with van der Waals surface area (Å²) < 4.78 is 0. The standard InChI is InChI=1S/C29H24N4O4S2/c34-24-17-9-7-15-22(24)28(38)32(20-11-3-1-4-12-20)30-26(36)19-27(37)31-33(21-13-5-2-6-14-21)29(39)23-16-8-10-18-25(23)35/h1-18,34-35H,19H2,(H,30,36)(H,31,37). The van der Waals surface area contributed by atoms with Crippen LogP contribution in [-0.4, -0.2) is 32.0 Å². The van der Waals surface area contributed by atoms with E-state index >= 15 is 0 Å². The maximum atomic E-state index is 13.0. The number of para-hydroxylation sites is 4. The molecule has 8 nitrogen and oxygen atoms in total. The molecular weight excluding hydrogens is 532 g/mol. The van der Waals surface area contributed by atoms with E-state index in [0.717, 1.165) is 0 Å². The van der Waals surface area contributed by atoms with Crippen LogP contribution in [0.5, 0.6) is 11.5 Å². The molecule has 0 spiro atoms. The number of anilines is 2. The van der Waals surface area contributed by atoms with Crippen LogP contribution in [0.1, 0.15) is 17.5 Å². The zero-order chi connectivity index (χ0) is 27.8. The van der Waals surface area contributed by atoms with Gasteiger partial charge in [-0.25, -0.2) is 10.0 Å². The summed E-state index contributed by atoms with van der Waals surface area (Å²) in [4.78, 5) is 26.4. The molecule has 4 N–H and O–H groups in total. The lowest BCUT2D eigenvalue weighted by atomic mass is 10.2. The molecule has 0 fully saturated rings. The molecule has 0 saturated heterocycles. The molecule has 2 amide bonds. The van der Waals surface area contributed by atoms with Crippen LogP contribution >= 0.6 is 24.4 Å². The first-order valence-corrected chi connectivity index (χ1v) is 12.6. The number of phenolic OH excluding ortho intramolecular Hbond substituents is 2. The van der Waals surface area contributed by atoms with Crippen molar-refractivity contribution in [2.24, 2.45) is 0 Å². The summed E-state index contributed by atoms with van der Waals surface area (Å²) >= 11 is 11.2. The lowest BCUT2D eigenvalue weighted by Crippen LogP contribution is -2.50. The van der Waals surface area contributed by atoms with Crippen LogP contribution in [-0.2, 0) is 9.59 Å². The minimum atomic E-state index is -0.657. The van der Waals surface area contributed by atoms with Crippen molar-refractivity contribution in [1.82, 2.24) is 10.9 Å². The van der Waals surface area contributed by atoms with Gasteiger partial charge in [-0.2, -0.15) is 0 Å². The Bertz CT molecular complexity index is 1390. The monoisotopic (exact) mass is 556 g/mol. The SMILES string of the molecule is O=C(CC(=O)NN(C(=S)c1ccccc1O)c1ccccc1)NN(C(=S)c1ccccc1O)c1ccccc1. The Morgan fingerprint density at radius 2 is 0.897 bits per heavy atom. The van der Waals surface area contributed by atoms with Crippen LogP contribution in [0.3, 0.4) is 0 Å². The average Bonchev–Trinajstić information content (AvgIpc) is 2.95. The molecule has 0 radical (unpaired) electrons. The second-order valence-corrected chi connectivity index (χ2v) is 9.01. The van der Waals surface area contributed by atoms with Gasteiger partial charge in [0.15, 0.2) is 0 Å². The second kappa shape index (κ2) is 12.6. The van der Waals surface area contributed by atoms with Crippen LogP contribution in [0, 0.1) is 0 Å². The number of carbonyl (C=O) groups is 2. The van der Waals surface area contributed by atoms with Gasteiger partial charge < -0.3 is 10.2 Å². The number of aromatic hydroxyl groups is 2. The van der Waals surface area contributed by atoms with E-state index in [4.69, 9.17) is 24.4 Å². The van der Waals surface area contributed by atoms with Crippen molar-refractivity contribution in [3.63, 3.8) is 0 Å². The van der Waals surface area contributed by atoms with E-state index in [-0.39, 0.29) is 21.5 Å². The fourth-order valence-corrected chi connectivity index (χ4v) is 4.29. The van der Waals surface area contributed by atoms with Crippen LogP contribution < -0.4 is 20.9 Å². The first kappa shape index (κ1) is 27.2. The normalized spacial score (nSPS) is 10.3. The molecule has 0 atom stereocenters. The highest BCUT2D eigenvalue weighted by molar-refractivity contribution is 7.81. The lowest BCUT2D eigenvalue weighted by Gasteiger charge is -2.28. The van der Waals surface area contributed by atoms with E-state index in [0.29, 0.717) is 22.5 Å². The second-order valence-electron chi connectivity index (χ2n) is 8.23. The Morgan fingerprint density at radius 3 is 1.26 bits per heavy atom. The third-order valence-corrected chi connectivity index (χ3v) is 6.30. The number of nitrogens with zero attached hydrogens (tertiary/aromatic N) is 2. The van der Waals surface area contributed by atoms with Gasteiger partial charge in [-0.05, 0) is 48.5 Å². The highest BCUT2D eigenvalue weighted by Gasteiger charge is 2.23. The quantitative estimate of drug-likeness (QED) is 0.155. The smallest absolute Gasteiger partial charge is 0.248 e. The van der Waals surface area contributed by atoms with Crippen molar-refractivity contribution in [2.75, 3.05) is 10.0 Å². The molecule has 0 aliphatic carbocycles. The van der Waals surface area contributed by atoms with E-state index in [1.54, 1.807) is 84.9 Å². The predicted octanol–water partition coefficient (Wildman–Crippen LogP) is 4.61. The number of hydrogen-bond acceptors (Lipinski definition) is 6. The lowest BCUT2D eigenvalue weighted by molar-refractivity contribution is -0.129. The minimum Gasteiger partial charge on any atom is -0.507 e. The molecule has 0 aliphatic rings. The Hall–Kier alpha value is -4.80. The van der Waals surface area contributed by atoms with Crippen molar-refractivity contribution < 1.29 is 19.8 Å². The van der Waals surface area contributed by atoms with Gasteiger partial charge in [-0.3, -0.25) is 20.4 Å². The van der Waals surface area contributed by atoms with Crippen molar-refractivity contribution >= 4 is 57.6 Å². The van der Waals surface area contributed by atoms with Crippen molar-refractivity contribution in [1.29, 1.82) is 0 Å². The zero-order valence-electron chi connectivity index (χ0n) is 20.5. The number of amides is 2. The molecule has 39 heavy (non-hydrogen) atoms. The van der Waals surface area contributed by atoms with Gasteiger partial charge in [-0.1, -0.05) is 85.1 Å². The van der Waals surface area contributed by atoms with Gasteiger partial charge in [-0.15, -0.1) is 0 Å². The highest BCUT2D eigenvalue weighted by Crippen LogP contribution is 2.23. The summed E-state index contributed by atoms with van der Waals surface area (Å²) in [6, 6.07) is 30.6. The maximum Gasteiger partial charge on any atom is 0.248 e. The topological polar surface area (TPSA) is 105 Å². The number of hydrogen-bond donors (Lipinski definition) is 4. The maximum absolute atomic E-state index is 13.0. The molecule has 0 aliphatic heterocycles. The van der Waals surface area contributed by atoms with Crippen LogP contribution in [0.2, 0.25) is 0 Å². The predicted molar refractivity (Wildman–Crippen MR) is 158 cm³/mol. The molecular formula is C29H24N4O4S2. The minimum absolute atomic E-state index is 0.0494. The third kappa shape index (κ3) is 6.75. The first-order chi connectivity index (χ1) is 18.8. The van der Waals surface area contributed by atoms with E-state index in [9.17, 15) is 19.8 Å². The summed E-state index contributed by atoms with van der Waals surface area (Å²) in [5.74, 6) is -1.41. The van der Waals surface area contributed by atoms with E-state index in [1.807, 2.05) is 12.1 Å². The van der Waals surface area contributed by atoms with Gasteiger partial charge in [0.05, 0.1) is 22.5 Å². The van der Waals surface area contributed by atoms with E-state index < -0.39 is 18.2 Å². The summed E-state index contributed by atoms with van der Waals surface area (Å²) in [5, 5.41) is 23.3. The highest BCUT2D eigenvalue weighted by atomic mass is 32.1. The van der Waals surface area contributed by atoms with Gasteiger partial charge >= 0.3 is 0 Å². The average molecular weight is 557 g/mol. The van der Waals surface area contributed by atoms with Crippen molar-refractivity contribution in [3.05, 3.63) is 120 Å². The summed E-state index contributed by atoms with van der Waals surface area (Å²) in [6.07, 6.45) is -0.570. The van der Waals surface area contributed by atoms with Gasteiger partial charge in [0.25, 0.3) is 0 Å². The molecule has 196 valence electrons.